The summed E-state index contributed by atoms with van der Waals surface area (Å²) in [4.78, 5) is 47.5. The van der Waals surface area contributed by atoms with E-state index in [9.17, 15) is 24.3 Å². The first-order valence-electron chi connectivity index (χ1n) is 19.0. The second-order valence-corrected chi connectivity index (χ2v) is 12.6. The van der Waals surface area contributed by atoms with Crippen LogP contribution in [0.25, 0.3) is 0 Å². The van der Waals surface area contributed by atoms with Crippen molar-refractivity contribution in [3.05, 3.63) is 24.3 Å². The van der Waals surface area contributed by atoms with Crippen molar-refractivity contribution in [2.75, 3.05) is 26.4 Å². The van der Waals surface area contributed by atoms with Crippen LogP contribution in [-0.4, -0.2) is 61.5 Å². The van der Waals surface area contributed by atoms with Gasteiger partial charge in [0.1, 0.15) is 32.5 Å². The molecule has 0 amide bonds. The molecule has 0 aromatic carbocycles. The number of allylic oxidation sites excluding steroid dienone is 2. The fraction of sp³-hybridized carbons (Fsp3) is 0.795. The minimum atomic E-state index is -1.06. The monoisotopic (exact) mass is 680 g/mol. The van der Waals surface area contributed by atoms with Gasteiger partial charge in [0.05, 0.1) is 0 Å². The van der Waals surface area contributed by atoms with Crippen LogP contribution in [0, 0.1) is 0 Å². The maximum absolute atomic E-state index is 11.9. The molecule has 278 valence electrons. The quantitative estimate of drug-likeness (QED) is 0.0307. The van der Waals surface area contributed by atoms with Crippen LogP contribution in [0.2, 0.25) is 0 Å². The lowest BCUT2D eigenvalue weighted by Crippen LogP contribution is -2.25. The zero-order valence-electron chi connectivity index (χ0n) is 30.4. The molecule has 0 unspecified atom stereocenters. The van der Waals surface area contributed by atoms with Gasteiger partial charge in [-0.25, -0.2) is 0 Å². The van der Waals surface area contributed by atoms with Gasteiger partial charge in [0.2, 0.25) is 0 Å². The molecule has 48 heavy (non-hydrogen) atoms. The van der Waals surface area contributed by atoms with Gasteiger partial charge < -0.3 is 24.1 Å². The molecule has 0 aromatic heterocycles. The van der Waals surface area contributed by atoms with Crippen molar-refractivity contribution in [3.63, 3.8) is 0 Å². The van der Waals surface area contributed by atoms with Crippen LogP contribution in [-0.2, 0) is 38.1 Å². The summed E-state index contributed by atoms with van der Waals surface area (Å²) in [5.41, 5.74) is 0. The zero-order chi connectivity index (χ0) is 35.3. The van der Waals surface area contributed by atoms with E-state index in [2.05, 4.69) is 26.0 Å². The second kappa shape index (κ2) is 35.6. The van der Waals surface area contributed by atoms with Crippen molar-refractivity contribution in [1.82, 2.24) is 0 Å². The van der Waals surface area contributed by atoms with Gasteiger partial charge in [-0.2, -0.15) is 0 Å². The van der Waals surface area contributed by atoms with Gasteiger partial charge in [0.15, 0.2) is 0 Å². The standard InChI is InChI=1S/C39H68O9/c1-3-5-7-9-11-19-25-31-45-36(41)27-21-15-13-17-23-29-38(43)47-33-35(40)34-48-39(44)30-24-18-14-16-22-28-37(42)46-32-26-20-12-10-8-6-4-2/h19-20,25-26,35,40H,3-18,21-24,27-34H2,1-2H3/b25-19-,26-20-. The van der Waals surface area contributed by atoms with Crippen LogP contribution in [0.1, 0.15) is 168 Å². The second-order valence-electron chi connectivity index (χ2n) is 12.6. The van der Waals surface area contributed by atoms with Crippen LogP contribution in [0.4, 0.5) is 0 Å². The summed E-state index contributed by atoms with van der Waals surface area (Å²) in [7, 11) is 0. The fourth-order valence-electron chi connectivity index (χ4n) is 4.88. The van der Waals surface area contributed by atoms with E-state index in [0.29, 0.717) is 38.9 Å². The Morgan fingerprint density at radius 3 is 1.10 bits per heavy atom. The predicted molar refractivity (Wildman–Crippen MR) is 190 cm³/mol. The summed E-state index contributed by atoms with van der Waals surface area (Å²) in [6.07, 6.45) is 28.4. The molecule has 0 saturated carbocycles. The first kappa shape index (κ1) is 45.3. The molecule has 9 nitrogen and oxygen atoms in total. The van der Waals surface area contributed by atoms with Crippen LogP contribution in [0.5, 0.6) is 0 Å². The number of ether oxygens (including phenoxy) is 4. The van der Waals surface area contributed by atoms with Crippen molar-refractivity contribution in [2.24, 2.45) is 0 Å². The van der Waals surface area contributed by atoms with E-state index in [4.69, 9.17) is 18.9 Å². The van der Waals surface area contributed by atoms with Crippen LogP contribution in [0.3, 0.4) is 0 Å². The molecule has 1 N–H and O–H groups in total. The highest BCUT2D eigenvalue weighted by atomic mass is 16.6. The summed E-state index contributed by atoms with van der Waals surface area (Å²) in [5, 5.41) is 9.98. The highest BCUT2D eigenvalue weighted by Gasteiger charge is 2.12. The molecular formula is C39H68O9. The van der Waals surface area contributed by atoms with Gasteiger partial charge in [-0.3, -0.25) is 19.2 Å². The summed E-state index contributed by atoms with van der Waals surface area (Å²) in [6, 6.07) is 0. The van der Waals surface area contributed by atoms with E-state index in [1.807, 2.05) is 12.2 Å². The van der Waals surface area contributed by atoms with E-state index in [1.54, 1.807) is 0 Å². The molecule has 0 rings (SSSR count). The first-order chi connectivity index (χ1) is 23.4. The molecule has 0 aliphatic carbocycles. The average Bonchev–Trinajstić information content (AvgIpc) is 3.07. The number of esters is 4. The summed E-state index contributed by atoms with van der Waals surface area (Å²) >= 11 is 0. The lowest BCUT2D eigenvalue weighted by molar-refractivity contribution is -0.152. The van der Waals surface area contributed by atoms with Gasteiger partial charge >= 0.3 is 23.9 Å². The van der Waals surface area contributed by atoms with Gasteiger partial charge in [0.25, 0.3) is 0 Å². The lowest BCUT2D eigenvalue weighted by Gasteiger charge is -2.12. The zero-order valence-corrected chi connectivity index (χ0v) is 30.4. The van der Waals surface area contributed by atoms with Crippen LogP contribution in [0.15, 0.2) is 24.3 Å². The van der Waals surface area contributed by atoms with E-state index in [0.717, 1.165) is 64.2 Å². The Morgan fingerprint density at radius 2 is 0.750 bits per heavy atom. The van der Waals surface area contributed by atoms with E-state index in [1.165, 1.54) is 51.4 Å². The van der Waals surface area contributed by atoms with Gasteiger partial charge in [-0.15, -0.1) is 0 Å². The molecule has 0 bridgehead atoms. The number of carbonyl (C=O) groups is 4. The summed E-state index contributed by atoms with van der Waals surface area (Å²) in [6.45, 7) is 4.65. The fourth-order valence-corrected chi connectivity index (χ4v) is 4.88. The molecule has 0 aliphatic heterocycles. The smallest absolute Gasteiger partial charge is 0.306 e. The minimum absolute atomic E-state index is 0.173. The van der Waals surface area contributed by atoms with Crippen LogP contribution < -0.4 is 0 Å². The molecule has 0 atom stereocenters. The topological polar surface area (TPSA) is 125 Å². The third-order valence-corrected chi connectivity index (χ3v) is 7.86. The Bertz CT molecular complexity index is 784. The molecule has 0 aliphatic rings. The number of carbonyl (C=O) groups excluding carboxylic acids is 4. The van der Waals surface area contributed by atoms with E-state index in [-0.39, 0.29) is 49.9 Å². The third-order valence-electron chi connectivity index (χ3n) is 7.86. The molecule has 0 aromatic rings. The number of rotatable bonds is 34. The van der Waals surface area contributed by atoms with Gasteiger partial charge in [0, 0.05) is 25.7 Å². The minimum Gasteiger partial charge on any atom is -0.463 e. The SMILES string of the molecule is CCCCCC/C=C\COC(=O)CCCCCCCC(=O)OCC(O)COC(=O)CCCCCCCC(=O)OC/C=C\CCCCCC. The maximum Gasteiger partial charge on any atom is 0.306 e. The molecule has 0 fully saturated rings. The number of aliphatic hydroxyl groups is 1. The highest BCUT2D eigenvalue weighted by molar-refractivity contribution is 5.70. The van der Waals surface area contributed by atoms with Crippen molar-refractivity contribution in [3.8, 4) is 0 Å². The van der Waals surface area contributed by atoms with Gasteiger partial charge in [-0.1, -0.05) is 115 Å². The average molecular weight is 681 g/mol. The summed E-state index contributed by atoms with van der Waals surface area (Å²) < 4.78 is 20.6. The van der Waals surface area contributed by atoms with Crippen LogP contribution >= 0.6 is 0 Å². The number of unbranched alkanes of at least 4 members (excludes halogenated alkanes) is 16. The largest absolute Gasteiger partial charge is 0.463 e. The Morgan fingerprint density at radius 1 is 0.438 bits per heavy atom. The Balaban J connectivity index is 3.56. The van der Waals surface area contributed by atoms with Crippen molar-refractivity contribution in [2.45, 2.75) is 174 Å². The van der Waals surface area contributed by atoms with Crippen molar-refractivity contribution < 1.29 is 43.2 Å². The van der Waals surface area contributed by atoms with Gasteiger partial charge in [-0.05, 0) is 51.4 Å². The summed E-state index contributed by atoms with van der Waals surface area (Å²) in [5.74, 6) is -1.12. The molecule has 9 heteroatoms. The first-order valence-corrected chi connectivity index (χ1v) is 19.0. The molecule has 0 spiro atoms. The Kier molecular flexibility index (Phi) is 33.6. The maximum atomic E-state index is 11.9. The molecule has 0 saturated heterocycles. The van der Waals surface area contributed by atoms with E-state index < -0.39 is 6.10 Å². The molecular weight excluding hydrogens is 612 g/mol. The predicted octanol–water partition coefficient (Wildman–Crippen LogP) is 9.03. The highest BCUT2D eigenvalue weighted by Crippen LogP contribution is 2.11. The Labute approximate surface area is 291 Å². The number of hydrogen-bond acceptors (Lipinski definition) is 9. The van der Waals surface area contributed by atoms with E-state index >= 15 is 0 Å². The Hall–Kier alpha value is -2.68. The third kappa shape index (κ3) is 34.6. The lowest BCUT2D eigenvalue weighted by atomic mass is 10.1. The number of aliphatic hydroxyl groups excluding tert-OH is 1. The molecule has 0 radical (unpaired) electrons. The molecule has 0 heterocycles. The van der Waals surface area contributed by atoms with Crippen molar-refractivity contribution in [1.29, 1.82) is 0 Å². The number of hydrogen-bond donors (Lipinski definition) is 1. The normalized spacial score (nSPS) is 11.4. The van der Waals surface area contributed by atoms with Crippen molar-refractivity contribution >= 4 is 23.9 Å².